The number of hydrogen-bond acceptors (Lipinski definition) is 6. The Morgan fingerprint density at radius 1 is 1.30 bits per heavy atom. The molecule has 2 aromatic heterocycles. The molecule has 0 saturated carbocycles. The van der Waals surface area contributed by atoms with Gasteiger partial charge in [0.05, 0.1) is 36.7 Å². The van der Waals surface area contributed by atoms with Gasteiger partial charge in [-0.2, -0.15) is 0 Å². The molecular formula is C18H16ClN3O4S. The number of carbonyl (C=O) groups is 2. The Labute approximate surface area is 164 Å². The van der Waals surface area contributed by atoms with E-state index in [1.165, 1.54) is 24.7 Å². The lowest BCUT2D eigenvalue weighted by atomic mass is 10.2. The normalized spacial score (nSPS) is 10.5. The van der Waals surface area contributed by atoms with E-state index in [4.69, 9.17) is 20.8 Å². The number of benzene rings is 1. The summed E-state index contributed by atoms with van der Waals surface area (Å²) < 4.78 is 10.3. The van der Waals surface area contributed by atoms with Crippen LogP contribution in [0.5, 0.6) is 5.75 Å². The number of anilines is 2. The predicted octanol–water partition coefficient (Wildman–Crippen LogP) is 4.14. The minimum atomic E-state index is -0.310. The van der Waals surface area contributed by atoms with Crippen molar-refractivity contribution in [3.05, 3.63) is 57.9 Å². The molecule has 0 saturated heterocycles. The standard InChI is InChI=1S/C18H16ClN3O4S/c1-10-13(5-6-26-10)17(24)22-18-20-12(9-27-18)8-16(23)21-14-7-11(19)3-4-15(14)25-2/h3-7,9H,8H2,1-2H3,(H,21,23)(H,20,22,24). The third-order valence-corrected chi connectivity index (χ3v) is 4.69. The molecule has 0 unspecified atom stereocenters. The number of nitrogens with zero attached hydrogens (tertiary/aromatic N) is 1. The molecule has 2 N–H and O–H groups in total. The van der Waals surface area contributed by atoms with Crippen molar-refractivity contribution in [1.82, 2.24) is 4.98 Å². The van der Waals surface area contributed by atoms with E-state index in [1.54, 1.807) is 36.6 Å². The molecule has 9 heteroatoms. The molecule has 0 aliphatic rings. The summed E-state index contributed by atoms with van der Waals surface area (Å²) in [6.07, 6.45) is 1.50. The highest BCUT2D eigenvalue weighted by atomic mass is 35.5. The molecule has 1 aromatic carbocycles. The van der Waals surface area contributed by atoms with Crippen LogP contribution in [0.1, 0.15) is 21.8 Å². The van der Waals surface area contributed by atoms with Gasteiger partial charge in [0.1, 0.15) is 11.5 Å². The molecule has 3 aromatic rings. The Morgan fingerprint density at radius 3 is 2.81 bits per heavy atom. The van der Waals surface area contributed by atoms with Crippen molar-refractivity contribution in [2.24, 2.45) is 0 Å². The molecule has 140 valence electrons. The lowest BCUT2D eigenvalue weighted by Gasteiger charge is -2.10. The maximum absolute atomic E-state index is 12.3. The van der Waals surface area contributed by atoms with Crippen LogP contribution in [0.4, 0.5) is 10.8 Å². The van der Waals surface area contributed by atoms with Gasteiger partial charge < -0.3 is 14.5 Å². The van der Waals surface area contributed by atoms with Gasteiger partial charge in [0.2, 0.25) is 5.91 Å². The summed E-state index contributed by atoms with van der Waals surface area (Å²) in [5.41, 5.74) is 1.46. The molecule has 0 bridgehead atoms. The smallest absolute Gasteiger partial charge is 0.260 e. The van der Waals surface area contributed by atoms with Crippen molar-refractivity contribution in [1.29, 1.82) is 0 Å². The number of furan rings is 1. The number of rotatable bonds is 6. The molecule has 0 spiro atoms. The van der Waals surface area contributed by atoms with Crippen molar-refractivity contribution in [3.63, 3.8) is 0 Å². The summed E-state index contributed by atoms with van der Waals surface area (Å²) in [6, 6.07) is 6.54. The summed E-state index contributed by atoms with van der Waals surface area (Å²) in [5.74, 6) is 0.452. The Kier molecular flexibility index (Phi) is 5.78. The number of methoxy groups -OCH3 is 1. The van der Waals surface area contributed by atoms with Crippen molar-refractivity contribution in [2.45, 2.75) is 13.3 Å². The van der Waals surface area contributed by atoms with E-state index in [2.05, 4.69) is 15.6 Å². The second-order valence-electron chi connectivity index (χ2n) is 5.56. The van der Waals surface area contributed by atoms with E-state index in [-0.39, 0.29) is 18.2 Å². The van der Waals surface area contributed by atoms with Crippen molar-refractivity contribution < 1.29 is 18.7 Å². The molecule has 27 heavy (non-hydrogen) atoms. The Hall–Kier alpha value is -2.84. The largest absolute Gasteiger partial charge is 0.495 e. The van der Waals surface area contributed by atoms with Crippen molar-refractivity contribution in [2.75, 3.05) is 17.7 Å². The van der Waals surface area contributed by atoms with Gasteiger partial charge in [0.25, 0.3) is 5.91 Å². The van der Waals surface area contributed by atoms with E-state index >= 15 is 0 Å². The maximum atomic E-state index is 12.3. The fraction of sp³-hybridized carbons (Fsp3) is 0.167. The van der Waals surface area contributed by atoms with Crippen molar-refractivity contribution in [3.8, 4) is 5.75 Å². The molecule has 2 amide bonds. The third kappa shape index (κ3) is 4.66. The number of carbonyl (C=O) groups excluding carboxylic acids is 2. The van der Waals surface area contributed by atoms with Crippen LogP contribution < -0.4 is 15.4 Å². The van der Waals surface area contributed by atoms with E-state index in [0.717, 1.165) is 0 Å². The average Bonchev–Trinajstić information content (AvgIpc) is 3.23. The molecule has 0 aliphatic carbocycles. The zero-order chi connectivity index (χ0) is 19.4. The van der Waals surface area contributed by atoms with Crippen LogP contribution in [0.15, 0.2) is 40.3 Å². The first-order valence-corrected chi connectivity index (χ1v) is 9.15. The van der Waals surface area contributed by atoms with Gasteiger partial charge in [0.15, 0.2) is 5.13 Å². The topological polar surface area (TPSA) is 93.5 Å². The number of nitrogens with one attached hydrogen (secondary N) is 2. The number of thiazole rings is 1. The molecule has 3 rings (SSSR count). The summed E-state index contributed by atoms with van der Waals surface area (Å²) in [7, 11) is 1.51. The molecule has 7 nitrogen and oxygen atoms in total. The zero-order valence-electron chi connectivity index (χ0n) is 14.5. The van der Waals surface area contributed by atoms with Crippen molar-refractivity contribution >= 4 is 45.6 Å². The number of amides is 2. The molecule has 0 aliphatic heterocycles. The number of ether oxygens (including phenoxy) is 1. The van der Waals surface area contributed by atoms with E-state index in [0.29, 0.717) is 38.6 Å². The van der Waals surface area contributed by atoms with Crippen LogP contribution in [-0.4, -0.2) is 23.9 Å². The number of halogens is 1. The first-order valence-electron chi connectivity index (χ1n) is 7.89. The fourth-order valence-electron chi connectivity index (χ4n) is 2.37. The van der Waals surface area contributed by atoms with Crippen LogP contribution in [0.25, 0.3) is 0 Å². The lowest BCUT2D eigenvalue weighted by molar-refractivity contribution is -0.115. The second-order valence-corrected chi connectivity index (χ2v) is 6.85. The van der Waals surface area contributed by atoms with Crippen LogP contribution in [-0.2, 0) is 11.2 Å². The Morgan fingerprint density at radius 2 is 2.11 bits per heavy atom. The SMILES string of the molecule is COc1ccc(Cl)cc1NC(=O)Cc1csc(NC(=O)c2ccoc2C)n1. The zero-order valence-corrected chi connectivity index (χ0v) is 16.1. The van der Waals surface area contributed by atoms with Gasteiger partial charge in [0, 0.05) is 10.4 Å². The molecule has 0 radical (unpaired) electrons. The number of aromatic nitrogens is 1. The Balaban J connectivity index is 1.62. The highest BCUT2D eigenvalue weighted by Gasteiger charge is 2.15. The fourth-order valence-corrected chi connectivity index (χ4v) is 3.24. The van der Waals surface area contributed by atoms with Gasteiger partial charge in [-0.3, -0.25) is 14.9 Å². The van der Waals surface area contributed by atoms with E-state index in [9.17, 15) is 9.59 Å². The Bertz CT molecular complexity index is 983. The quantitative estimate of drug-likeness (QED) is 0.642. The van der Waals surface area contributed by atoms with Crippen LogP contribution in [0, 0.1) is 6.92 Å². The van der Waals surface area contributed by atoms with Gasteiger partial charge in [-0.25, -0.2) is 4.98 Å². The monoisotopic (exact) mass is 405 g/mol. The number of aryl methyl sites for hydroxylation is 1. The third-order valence-electron chi connectivity index (χ3n) is 3.65. The van der Waals surface area contributed by atoms with Crippen LogP contribution >= 0.6 is 22.9 Å². The highest BCUT2D eigenvalue weighted by Crippen LogP contribution is 2.28. The van der Waals surface area contributed by atoms with Gasteiger partial charge in [-0.05, 0) is 31.2 Å². The minimum Gasteiger partial charge on any atom is -0.495 e. The van der Waals surface area contributed by atoms with E-state index in [1.807, 2.05) is 0 Å². The van der Waals surface area contributed by atoms with E-state index < -0.39 is 0 Å². The predicted molar refractivity (Wildman–Crippen MR) is 104 cm³/mol. The summed E-state index contributed by atoms with van der Waals surface area (Å²) in [5, 5.41) is 8.05. The second kappa shape index (κ2) is 8.24. The highest BCUT2D eigenvalue weighted by molar-refractivity contribution is 7.14. The average molecular weight is 406 g/mol. The summed E-state index contributed by atoms with van der Waals surface area (Å²) in [4.78, 5) is 28.7. The summed E-state index contributed by atoms with van der Waals surface area (Å²) >= 11 is 7.20. The maximum Gasteiger partial charge on any atom is 0.260 e. The van der Waals surface area contributed by atoms with Crippen LogP contribution in [0.3, 0.4) is 0 Å². The molecule has 0 fully saturated rings. The van der Waals surface area contributed by atoms with Gasteiger partial charge in [-0.15, -0.1) is 11.3 Å². The summed E-state index contributed by atoms with van der Waals surface area (Å²) in [6.45, 7) is 1.71. The molecular weight excluding hydrogens is 390 g/mol. The minimum absolute atomic E-state index is 0.0484. The van der Waals surface area contributed by atoms with Gasteiger partial charge in [-0.1, -0.05) is 11.6 Å². The first-order chi connectivity index (χ1) is 13.0. The number of hydrogen-bond donors (Lipinski definition) is 2. The van der Waals surface area contributed by atoms with Crippen LogP contribution in [0.2, 0.25) is 5.02 Å². The molecule has 0 atom stereocenters. The first kappa shape index (κ1) is 18.9. The molecule has 2 heterocycles. The van der Waals surface area contributed by atoms with Gasteiger partial charge >= 0.3 is 0 Å². The lowest BCUT2D eigenvalue weighted by Crippen LogP contribution is -2.15.